The number of hydrogen-bond acceptors (Lipinski definition) is 4. The van der Waals surface area contributed by atoms with Gasteiger partial charge in [-0.05, 0) is 56.0 Å². The fourth-order valence-electron chi connectivity index (χ4n) is 4.00. The minimum absolute atomic E-state index is 0.313. The summed E-state index contributed by atoms with van der Waals surface area (Å²) in [7, 11) is 0. The largest absolute Gasteiger partial charge is 0.481 e. The zero-order valence-corrected chi connectivity index (χ0v) is 18.5. The number of nitrogens with one attached hydrogen (secondary N) is 2. The molecule has 2 amide bonds. The smallest absolute Gasteiger partial charge is 0.307 e. The van der Waals surface area contributed by atoms with Crippen molar-refractivity contribution >= 4 is 51.4 Å². The van der Waals surface area contributed by atoms with E-state index in [1.54, 1.807) is 24.3 Å². The Labute approximate surface area is 184 Å². The third-order valence-electron chi connectivity index (χ3n) is 5.55. The van der Waals surface area contributed by atoms with Crippen LogP contribution < -0.4 is 10.6 Å². The first-order chi connectivity index (χ1) is 14.3. The molecule has 30 heavy (non-hydrogen) atoms. The molecule has 2 atom stereocenters. The van der Waals surface area contributed by atoms with Crippen LogP contribution in [0.15, 0.2) is 24.3 Å². The number of thiophene rings is 1. The van der Waals surface area contributed by atoms with Crippen molar-refractivity contribution in [2.75, 3.05) is 10.6 Å². The quantitative estimate of drug-likeness (QED) is 0.554. The summed E-state index contributed by atoms with van der Waals surface area (Å²) in [6, 6.07) is 6.80. The van der Waals surface area contributed by atoms with Crippen LogP contribution in [0, 0.1) is 18.8 Å². The second-order valence-corrected chi connectivity index (χ2v) is 9.14. The summed E-state index contributed by atoms with van der Waals surface area (Å²) in [5.74, 6) is -2.85. The summed E-state index contributed by atoms with van der Waals surface area (Å²) in [4.78, 5) is 38.5. The van der Waals surface area contributed by atoms with E-state index in [-0.39, 0.29) is 11.8 Å². The first-order valence-corrected chi connectivity index (χ1v) is 11.2. The second-order valence-electron chi connectivity index (χ2n) is 7.48. The summed E-state index contributed by atoms with van der Waals surface area (Å²) in [6.45, 7) is 3.88. The van der Waals surface area contributed by atoms with Gasteiger partial charge in [-0.25, -0.2) is 0 Å². The lowest BCUT2D eigenvalue weighted by Gasteiger charge is -2.27. The van der Waals surface area contributed by atoms with E-state index < -0.39 is 17.8 Å². The summed E-state index contributed by atoms with van der Waals surface area (Å²) in [5.41, 5.74) is 1.91. The summed E-state index contributed by atoms with van der Waals surface area (Å²) in [5, 5.41) is 16.3. The molecule has 6 nitrogen and oxygen atoms in total. The van der Waals surface area contributed by atoms with E-state index in [0.29, 0.717) is 40.5 Å². The van der Waals surface area contributed by atoms with E-state index in [2.05, 4.69) is 10.6 Å². The molecule has 0 unspecified atom stereocenters. The van der Waals surface area contributed by atoms with Crippen molar-refractivity contribution in [3.05, 3.63) is 45.3 Å². The van der Waals surface area contributed by atoms with Crippen LogP contribution in [0.1, 0.15) is 53.4 Å². The van der Waals surface area contributed by atoms with E-state index >= 15 is 0 Å². The number of carboxylic acid groups (broad SMARTS) is 1. The SMILES string of the molecule is CCc1c(C)sc(NC(=O)[C@H]2CCCC[C@H]2C(=O)O)c1C(=O)Nc1ccc(Cl)cc1. The number of anilines is 2. The maximum absolute atomic E-state index is 13.1. The van der Waals surface area contributed by atoms with Crippen molar-refractivity contribution in [3.8, 4) is 0 Å². The Morgan fingerprint density at radius 3 is 2.33 bits per heavy atom. The molecule has 1 aliphatic carbocycles. The number of carbonyl (C=O) groups is 3. The third-order valence-corrected chi connectivity index (χ3v) is 6.86. The van der Waals surface area contributed by atoms with Crippen LogP contribution in [0.4, 0.5) is 10.7 Å². The number of aliphatic carboxylic acids is 1. The average molecular weight is 449 g/mol. The molecule has 8 heteroatoms. The highest BCUT2D eigenvalue weighted by atomic mass is 35.5. The van der Waals surface area contributed by atoms with Crippen LogP contribution in [0.25, 0.3) is 0 Å². The molecule has 0 spiro atoms. The number of aryl methyl sites for hydroxylation is 1. The Kier molecular flexibility index (Phi) is 7.15. The Hall–Kier alpha value is -2.38. The molecular formula is C22H25ClN2O4S. The summed E-state index contributed by atoms with van der Waals surface area (Å²) in [6.07, 6.45) is 3.33. The van der Waals surface area contributed by atoms with Gasteiger partial charge in [0.2, 0.25) is 5.91 Å². The molecule has 0 saturated heterocycles. The zero-order chi connectivity index (χ0) is 21.8. The molecular weight excluding hydrogens is 424 g/mol. The van der Waals surface area contributed by atoms with E-state index in [1.165, 1.54) is 11.3 Å². The molecule has 1 saturated carbocycles. The fraction of sp³-hybridized carbons (Fsp3) is 0.409. The number of benzene rings is 1. The Morgan fingerprint density at radius 2 is 1.73 bits per heavy atom. The molecule has 160 valence electrons. The molecule has 0 aliphatic heterocycles. The third kappa shape index (κ3) is 4.84. The van der Waals surface area contributed by atoms with E-state index in [0.717, 1.165) is 23.3 Å². The normalized spacial score (nSPS) is 18.6. The molecule has 1 fully saturated rings. The first kappa shape index (κ1) is 22.3. The standard InChI is InChI=1S/C22H25ClN2O4S/c1-3-15-12(2)30-21(18(15)20(27)24-14-10-8-13(23)9-11-14)25-19(26)16-6-4-5-7-17(16)22(28)29/h8-11,16-17H,3-7H2,1-2H3,(H,24,27)(H,25,26)(H,28,29)/t16-,17+/m0/s1. The number of rotatable bonds is 6. The molecule has 1 aliphatic rings. The Morgan fingerprint density at radius 1 is 1.10 bits per heavy atom. The van der Waals surface area contributed by atoms with E-state index in [9.17, 15) is 19.5 Å². The highest BCUT2D eigenvalue weighted by Gasteiger charge is 2.36. The monoisotopic (exact) mass is 448 g/mol. The van der Waals surface area contributed by atoms with Gasteiger partial charge in [0, 0.05) is 15.6 Å². The van der Waals surface area contributed by atoms with E-state index in [1.807, 2.05) is 13.8 Å². The minimum Gasteiger partial charge on any atom is -0.481 e. The number of halogens is 1. The van der Waals surface area contributed by atoms with Gasteiger partial charge in [0.25, 0.3) is 5.91 Å². The van der Waals surface area contributed by atoms with Crippen LogP contribution >= 0.6 is 22.9 Å². The van der Waals surface area contributed by atoms with Crippen LogP contribution in [-0.4, -0.2) is 22.9 Å². The van der Waals surface area contributed by atoms with Gasteiger partial charge in [0.1, 0.15) is 5.00 Å². The Balaban J connectivity index is 1.86. The topological polar surface area (TPSA) is 95.5 Å². The van der Waals surface area contributed by atoms with Crippen molar-refractivity contribution in [3.63, 3.8) is 0 Å². The van der Waals surface area contributed by atoms with Crippen LogP contribution in [0.2, 0.25) is 5.02 Å². The second kappa shape index (κ2) is 9.62. The summed E-state index contributed by atoms with van der Waals surface area (Å²) < 4.78 is 0. The fourth-order valence-corrected chi connectivity index (χ4v) is 5.28. The van der Waals surface area contributed by atoms with Gasteiger partial charge in [-0.15, -0.1) is 11.3 Å². The average Bonchev–Trinajstić information content (AvgIpc) is 3.04. The maximum Gasteiger partial charge on any atom is 0.307 e. The maximum atomic E-state index is 13.1. The molecule has 1 heterocycles. The lowest BCUT2D eigenvalue weighted by atomic mass is 9.79. The minimum atomic E-state index is -0.938. The van der Waals surface area contributed by atoms with Crippen molar-refractivity contribution in [1.29, 1.82) is 0 Å². The zero-order valence-electron chi connectivity index (χ0n) is 17.0. The van der Waals surface area contributed by atoms with Gasteiger partial charge in [0.05, 0.1) is 17.4 Å². The number of carbonyl (C=O) groups excluding carboxylic acids is 2. The van der Waals surface area contributed by atoms with Gasteiger partial charge in [-0.1, -0.05) is 31.4 Å². The van der Waals surface area contributed by atoms with Crippen molar-refractivity contribution < 1.29 is 19.5 Å². The lowest BCUT2D eigenvalue weighted by Crippen LogP contribution is -2.36. The molecule has 1 aromatic heterocycles. The van der Waals surface area contributed by atoms with Gasteiger partial charge in [-0.2, -0.15) is 0 Å². The molecule has 0 bridgehead atoms. The highest BCUT2D eigenvalue weighted by molar-refractivity contribution is 7.16. The van der Waals surface area contributed by atoms with Gasteiger partial charge >= 0.3 is 5.97 Å². The molecule has 2 aromatic rings. The number of carboxylic acids is 1. The number of amides is 2. The summed E-state index contributed by atoms with van der Waals surface area (Å²) >= 11 is 7.25. The van der Waals surface area contributed by atoms with Gasteiger partial charge < -0.3 is 15.7 Å². The Bertz CT molecular complexity index is 955. The molecule has 3 rings (SSSR count). The number of hydrogen-bond donors (Lipinski definition) is 3. The highest BCUT2D eigenvalue weighted by Crippen LogP contribution is 2.36. The molecule has 3 N–H and O–H groups in total. The molecule has 0 radical (unpaired) electrons. The lowest BCUT2D eigenvalue weighted by molar-refractivity contribution is -0.147. The van der Waals surface area contributed by atoms with Crippen LogP contribution in [-0.2, 0) is 16.0 Å². The van der Waals surface area contributed by atoms with Crippen LogP contribution in [0.5, 0.6) is 0 Å². The van der Waals surface area contributed by atoms with E-state index in [4.69, 9.17) is 11.6 Å². The van der Waals surface area contributed by atoms with Gasteiger partial charge in [-0.3, -0.25) is 14.4 Å². The van der Waals surface area contributed by atoms with Crippen molar-refractivity contribution in [2.24, 2.45) is 11.8 Å². The first-order valence-electron chi connectivity index (χ1n) is 10.0. The predicted molar refractivity (Wildman–Crippen MR) is 120 cm³/mol. The van der Waals surface area contributed by atoms with Crippen LogP contribution in [0.3, 0.4) is 0 Å². The predicted octanol–water partition coefficient (Wildman–Crippen LogP) is 5.35. The van der Waals surface area contributed by atoms with Gasteiger partial charge in [0.15, 0.2) is 0 Å². The van der Waals surface area contributed by atoms with Crippen molar-refractivity contribution in [1.82, 2.24) is 0 Å². The van der Waals surface area contributed by atoms with Crippen molar-refractivity contribution in [2.45, 2.75) is 46.0 Å². The molecule has 1 aromatic carbocycles.